The normalized spacial score (nSPS) is 18.4. The summed E-state index contributed by atoms with van der Waals surface area (Å²) in [6, 6.07) is 7.17. The maximum Gasteiger partial charge on any atom is 0.416 e. The van der Waals surface area contributed by atoms with Gasteiger partial charge in [0, 0.05) is 19.7 Å². The second-order valence-corrected chi connectivity index (χ2v) is 7.20. The van der Waals surface area contributed by atoms with E-state index in [4.69, 9.17) is 9.26 Å². The Hall–Kier alpha value is -2.55. The molecule has 2 heterocycles. The Kier molecular flexibility index (Phi) is 6.46. The van der Waals surface area contributed by atoms with Crippen LogP contribution in [0.1, 0.15) is 48.5 Å². The summed E-state index contributed by atoms with van der Waals surface area (Å²) >= 11 is 0. The smallest absolute Gasteiger partial charge is 0.370 e. The molecule has 1 unspecified atom stereocenters. The van der Waals surface area contributed by atoms with E-state index in [9.17, 15) is 13.2 Å². The maximum absolute atomic E-state index is 13.0. The molecule has 0 spiro atoms. The third-order valence-electron chi connectivity index (χ3n) is 4.75. The van der Waals surface area contributed by atoms with Gasteiger partial charge in [0.15, 0.2) is 11.7 Å². The Balaban J connectivity index is 1.65. The van der Waals surface area contributed by atoms with E-state index in [2.05, 4.69) is 15.5 Å². The second-order valence-electron chi connectivity index (χ2n) is 7.20. The van der Waals surface area contributed by atoms with Crippen molar-refractivity contribution in [2.45, 2.75) is 38.6 Å². The third kappa shape index (κ3) is 5.29. The molecule has 1 atom stereocenters. The van der Waals surface area contributed by atoms with Crippen molar-refractivity contribution in [3.63, 3.8) is 0 Å². The lowest BCUT2D eigenvalue weighted by Gasteiger charge is -2.35. The zero-order valence-electron chi connectivity index (χ0n) is 16.7. The number of guanidine groups is 1. The van der Waals surface area contributed by atoms with Crippen molar-refractivity contribution in [2.24, 2.45) is 4.99 Å². The number of halogens is 3. The lowest BCUT2D eigenvalue weighted by atomic mass is 10.0. The molecular formula is C20H25F3N4O2. The highest BCUT2D eigenvalue weighted by Crippen LogP contribution is 2.32. The van der Waals surface area contributed by atoms with Crippen molar-refractivity contribution in [2.75, 3.05) is 26.7 Å². The molecule has 1 saturated heterocycles. The van der Waals surface area contributed by atoms with Gasteiger partial charge in [-0.2, -0.15) is 13.2 Å². The highest BCUT2D eigenvalue weighted by Gasteiger charge is 2.32. The van der Waals surface area contributed by atoms with Gasteiger partial charge < -0.3 is 19.5 Å². The van der Waals surface area contributed by atoms with Gasteiger partial charge in [0.05, 0.1) is 31.0 Å². The molecule has 0 aliphatic carbocycles. The Morgan fingerprint density at radius 3 is 2.79 bits per heavy atom. The molecule has 9 heteroatoms. The Labute approximate surface area is 167 Å². The van der Waals surface area contributed by atoms with Crippen LogP contribution in [-0.4, -0.2) is 42.8 Å². The predicted molar refractivity (Wildman–Crippen MR) is 103 cm³/mol. The predicted octanol–water partition coefficient (Wildman–Crippen LogP) is 3.97. The van der Waals surface area contributed by atoms with Crippen LogP contribution >= 0.6 is 0 Å². The molecule has 0 amide bonds. The molecule has 158 valence electrons. The zero-order chi connectivity index (χ0) is 21.0. The Morgan fingerprint density at radius 1 is 1.34 bits per heavy atom. The van der Waals surface area contributed by atoms with Crippen LogP contribution in [0.3, 0.4) is 0 Å². The molecular weight excluding hydrogens is 385 g/mol. The molecule has 29 heavy (non-hydrogen) atoms. The maximum atomic E-state index is 13.0. The molecule has 1 N–H and O–H groups in total. The van der Waals surface area contributed by atoms with E-state index in [1.807, 2.05) is 24.8 Å². The van der Waals surface area contributed by atoms with Crippen LogP contribution in [0.15, 0.2) is 39.8 Å². The number of morpholine rings is 1. The molecule has 1 fully saturated rings. The molecule has 1 aromatic carbocycles. The summed E-state index contributed by atoms with van der Waals surface area (Å²) in [4.78, 5) is 6.25. The third-order valence-corrected chi connectivity index (χ3v) is 4.75. The van der Waals surface area contributed by atoms with Crippen molar-refractivity contribution in [3.05, 3.63) is 52.9 Å². The number of ether oxygens (including phenoxy) is 1. The SMILES string of the molecule is CN=C(NCc1cc(C(C)C)no1)N1CCOC(c2cccc(C(F)(F)F)c2)C1. The van der Waals surface area contributed by atoms with Crippen molar-refractivity contribution < 1.29 is 22.4 Å². The van der Waals surface area contributed by atoms with Crippen molar-refractivity contribution in [3.8, 4) is 0 Å². The van der Waals surface area contributed by atoms with Crippen molar-refractivity contribution in [1.29, 1.82) is 0 Å². The summed E-state index contributed by atoms with van der Waals surface area (Å²) in [7, 11) is 1.66. The summed E-state index contributed by atoms with van der Waals surface area (Å²) in [5.74, 6) is 1.60. The second kappa shape index (κ2) is 8.86. The molecule has 1 aliphatic rings. The largest absolute Gasteiger partial charge is 0.416 e. The summed E-state index contributed by atoms with van der Waals surface area (Å²) in [5.41, 5.74) is 0.703. The summed E-state index contributed by atoms with van der Waals surface area (Å²) in [6.07, 6.45) is -4.85. The minimum atomic E-state index is -4.38. The van der Waals surface area contributed by atoms with E-state index in [1.54, 1.807) is 13.1 Å². The van der Waals surface area contributed by atoms with Gasteiger partial charge in [-0.1, -0.05) is 31.1 Å². The van der Waals surface area contributed by atoms with E-state index in [-0.39, 0.29) is 5.92 Å². The Bertz CT molecular complexity index is 848. The van der Waals surface area contributed by atoms with E-state index in [0.29, 0.717) is 43.5 Å². The minimum absolute atomic E-state index is 0.277. The van der Waals surface area contributed by atoms with Crippen LogP contribution < -0.4 is 5.32 Å². The molecule has 0 bridgehead atoms. The van der Waals surface area contributed by atoms with Gasteiger partial charge >= 0.3 is 6.18 Å². The molecule has 3 rings (SSSR count). The summed E-state index contributed by atoms with van der Waals surface area (Å²) < 4.78 is 50.1. The molecule has 0 saturated carbocycles. The van der Waals surface area contributed by atoms with E-state index in [0.717, 1.165) is 17.8 Å². The Morgan fingerprint density at radius 2 is 2.14 bits per heavy atom. The number of alkyl halides is 3. The van der Waals surface area contributed by atoms with Gasteiger partial charge in [-0.25, -0.2) is 0 Å². The number of aliphatic imine (C=N–C) groups is 1. The standard InChI is InChI=1S/C20H25F3N4O2/c1-13(2)17-10-16(29-26-17)11-25-19(24-3)27-7-8-28-18(12-27)14-5-4-6-15(9-14)20(21,22)23/h4-6,9-10,13,18H,7-8,11-12H2,1-3H3,(H,24,25). The van der Waals surface area contributed by atoms with Crippen LogP contribution in [0.5, 0.6) is 0 Å². The first-order chi connectivity index (χ1) is 13.8. The fourth-order valence-electron chi connectivity index (χ4n) is 3.14. The topological polar surface area (TPSA) is 62.9 Å². The first-order valence-corrected chi connectivity index (χ1v) is 9.47. The van der Waals surface area contributed by atoms with Gasteiger partial charge in [0.1, 0.15) is 6.10 Å². The van der Waals surface area contributed by atoms with Gasteiger partial charge in [-0.05, 0) is 23.6 Å². The average molecular weight is 410 g/mol. The van der Waals surface area contributed by atoms with E-state index < -0.39 is 17.8 Å². The van der Waals surface area contributed by atoms with Gasteiger partial charge in [0.2, 0.25) is 0 Å². The number of benzene rings is 1. The van der Waals surface area contributed by atoms with Crippen LogP contribution in [-0.2, 0) is 17.5 Å². The zero-order valence-corrected chi connectivity index (χ0v) is 16.7. The van der Waals surface area contributed by atoms with Crippen LogP contribution in [0.2, 0.25) is 0 Å². The summed E-state index contributed by atoms with van der Waals surface area (Å²) in [6.45, 7) is 5.86. The van der Waals surface area contributed by atoms with Crippen LogP contribution in [0.25, 0.3) is 0 Å². The minimum Gasteiger partial charge on any atom is -0.370 e. The number of rotatable bonds is 4. The quantitative estimate of drug-likeness (QED) is 0.611. The number of aromatic nitrogens is 1. The molecule has 6 nitrogen and oxygen atoms in total. The van der Waals surface area contributed by atoms with Gasteiger partial charge in [-0.3, -0.25) is 4.99 Å². The van der Waals surface area contributed by atoms with Crippen LogP contribution in [0, 0.1) is 0 Å². The van der Waals surface area contributed by atoms with Gasteiger partial charge in [-0.15, -0.1) is 0 Å². The lowest BCUT2D eigenvalue weighted by molar-refractivity contribution is -0.137. The van der Waals surface area contributed by atoms with E-state index in [1.165, 1.54) is 6.07 Å². The summed E-state index contributed by atoms with van der Waals surface area (Å²) in [5, 5.41) is 7.25. The van der Waals surface area contributed by atoms with Crippen molar-refractivity contribution >= 4 is 5.96 Å². The number of hydrogen-bond donors (Lipinski definition) is 1. The molecule has 1 aromatic heterocycles. The fourth-order valence-corrected chi connectivity index (χ4v) is 3.14. The molecule has 2 aromatic rings. The highest BCUT2D eigenvalue weighted by atomic mass is 19.4. The highest BCUT2D eigenvalue weighted by molar-refractivity contribution is 5.80. The number of nitrogens with one attached hydrogen (secondary N) is 1. The molecule has 0 radical (unpaired) electrons. The monoisotopic (exact) mass is 410 g/mol. The first-order valence-electron chi connectivity index (χ1n) is 9.47. The molecule has 1 aliphatic heterocycles. The lowest BCUT2D eigenvalue weighted by Crippen LogP contribution is -2.47. The van der Waals surface area contributed by atoms with Crippen molar-refractivity contribution in [1.82, 2.24) is 15.4 Å². The number of nitrogens with zero attached hydrogens (tertiary/aromatic N) is 3. The fraction of sp³-hybridized carbons (Fsp3) is 0.500. The van der Waals surface area contributed by atoms with Gasteiger partial charge in [0.25, 0.3) is 0 Å². The number of hydrogen-bond acceptors (Lipinski definition) is 4. The first kappa shape index (κ1) is 21.2. The average Bonchev–Trinajstić information content (AvgIpc) is 3.18. The van der Waals surface area contributed by atoms with Crippen LogP contribution in [0.4, 0.5) is 13.2 Å². The van der Waals surface area contributed by atoms with E-state index >= 15 is 0 Å².